The second kappa shape index (κ2) is 4.68. The fourth-order valence-electron chi connectivity index (χ4n) is 0.732. The van der Waals surface area contributed by atoms with Crippen LogP contribution in [0.5, 0.6) is 0 Å². The maximum Gasteiger partial charge on any atom is 0.246 e. The van der Waals surface area contributed by atoms with Gasteiger partial charge in [-0.05, 0) is 0 Å². The number of hydrogen-bond acceptors (Lipinski definition) is 5. The van der Waals surface area contributed by atoms with Crippen molar-refractivity contribution in [1.29, 1.82) is 0 Å². The number of hydrogen-bond donors (Lipinski definition) is 3. The van der Waals surface area contributed by atoms with E-state index in [0.29, 0.717) is 5.13 Å². The van der Waals surface area contributed by atoms with Gasteiger partial charge in [-0.2, -0.15) is 0 Å². The Bertz CT molecular complexity index is 325. The third-order valence-electron chi connectivity index (χ3n) is 1.39. The highest BCUT2D eigenvalue weighted by Crippen LogP contribution is 2.10. The molecule has 1 aromatic heterocycles. The Labute approximate surface area is 83.8 Å². The molecule has 0 fully saturated rings. The van der Waals surface area contributed by atoms with Gasteiger partial charge in [0.1, 0.15) is 6.10 Å². The van der Waals surface area contributed by atoms with Crippen molar-refractivity contribution in [1.82, 2.24) is 4.98 Å². The van der Waals surface area contributed by atoms with Gasteiger partial charge in [0, 0.05) is 11.6 Å². The van der Waals surface area contributed by atoms with Crippen LogP contribution in [-0.2, 0) is 9.59 Å². The number of aromatic nitrogens is 1. The third-order valence-corrected chi connectivity index (χ3v) is 2.07. The predicted octanol–water partition coefficient (Wildman–Crippen LogP) is -0.682. The number of thiazole rings is 1. The van der Waals surface area contributed by atoms with E-state index in [1.54, 1.807) is 5.38 Å². The zero-order chi connectivity index (χ0) is 10.6. The van der Waals surface area contributed by atoms with Gasteiger partial charge in [0.2, 0.25) is 11.8 Å². The molecule has 1 atom stereocenters. The maximum atomic E-state index is 11.1. The van der Waals surface area contributed by atoms with Crippen LogP contribution in [0.2, 0.25) is 0 Å². The first kappa shape index (κ1) is 10.6. The van der Waals surface area contributed by atoms with Gasteiger partial charge in [-0.1, -0.05) is 0 Å². The molecule has 0 aliphatic rings. The molecule has 0 aromatic carbocycles. The monoisotopic (exact) mass is 215 g/mol. The Hall–Kier alpha value is -1.47. The van der Waals surface area contributed by atoms with Crippen molar-refractivity contribution in [2.45, 2.75) is 12.5 Å². The molecule has 1 rings (SSSR count). The second-order valence-corrected chi connectivity index (χ2v) is 3.40. The molecule has 2 amide bonds. The first-order valence-electron chi connectivity index (χ1n) is 3.76. The number of carbonyl (C=O) groups excluding carboxylic acids is 2. The van der Waals surface area contributed by atoms with E-state index in [4.69, 9.17) is 10.8 Å². The summed E-state index contributed by atoms with van der Waals surface area (Å²) in [6.07, 6.45) is -0.269. The third kappa shape index (κ3) is 3.11. The highest BCUT2D eigenvalue weighted by atomic mass is 32.1. The standard InChI is InChI=1S/C7H9N3O3S/c8-6(13)4(11)3-5(12)10-7-9-1-2-14-7/h1-2,4,11H,3H2,(H2,8,13)(H,9,10,12)/t4-/m1/s1. The average Bonchev–Trinajstić information content (AvgIpc) is 2.56. The van der Waals surface area contributed by atoms with E-state index in [2.05, 4.69) is 10.3 Å². The highest BCUT2D eigenvalue weighted by molar-refractivity contribution is 7.13. The Morgan fingerprint density at radius 2 is 2.43 bits per heavy atom. The zero-order valence-corrected chi connectivity index (χ0v) is 7.95. The van der Waals surface area contributed by atoms with Crippen molar-refractivity contribution in [3.63, 3.8) is 0 Å². The lowest BCUT2D eigenvalue weighted by Gasteiger charge is -2.04. The Balaban J connectivity index is 2.40. The van der Waals surface area contributed by atoms with E-state index in [1.165, 1.54) is 17.5 Å². The Kier molecular flexibility index (Phi) is 3.55. The summed E-state index contributed by atoms with van der Waals surface area (Å²) in [6.45, 7) is 0. The summed E-state index contributed by atoms with van der Waals surface area (Å²) in [5.74, 6) is -1.41. The molecule has 0 aliphatic heterocycles. The summed E-state index contributed by atoms with van der Waals surface area (Å²) in [5, 5.41) is 13.5. The van der Waals surface area contributed by atoms with E-state index >= 15 is 0 Å². The predicted molar refractivity (Wildman–Crippen MR) is 50.6 cm³/mol. The van der Waals surface area contributed by atoms with E-state index in [0.717, 1.165) is 0 Å². The fraction of sp³-hybridized carbons (Fsp3) is 0.286. The van der Waals surface area contributed by atoms with E-state index in [-0.39, 0.29) is 6.42 Å². The Morgan fingerprint density at radius 1 is 1.71 bits per heavy atom. The van der Waals surface area contributed by atoms with Gasteiger partial charge in [0.25, 0.3) is 0 Å². The van der Waals surface area contributed by atoms with Crippen LogP contribution in [0.1, 0.15) is 6.42 Å². The number of nitrogens with zero attached hydrogens (tertiary/aromatic N) is 1. The zero-order valence-electron chi connectivity index (χ0n) is 7.14. The number of amides is 2. The van der Waals surface area contributed by atoms with E-state index in [9.17, 15) is 9.59 Å². The summed E-state index contributed by atoms with van der Waals surface area (Å²) in [7, 11) is 0. The number of nitrogens with two attached hydrogens (primary N) is 1. The number of aliphatic hydroxyl groups is 1. The van der Waals surface area contributed by atoms with Gasteiger partial charge in [-0.3, -0.25) is 9.59 Å². The van der Waals surface area contributed by atoms with Crippen LogP contribution in [0.25, 0.3) is 0 Å². The van der Waals surface area contributed by atoms with Gasteiger partial charge in [-0.15, -0.1) is 11.3 Å². The summed E-state index contributed by atoms with van der Waals surface area (Å²) in [5.41, 5.74) is 4.78. The molecule has 1 aromatic rings. The van der Waals surface area contributed by atoms with Crippen molar-refractivity contribution in [2.24, 2.45) is 5.73 Å². The number of rotatable bonds is 4. The SMILES string of the molecule is NC(=O)[C@H](O)CC(=O)Nc1nccs1. The minimum atomic E-state index is -1.45. The molecule has 0 saturated carbocycles. The van der Waals surface area contributed by atoms with Gasteiger partial charge in [0.05, 0.1) is 6.42 Å². The second-order valence-electron chi connectivity index (χ2n) is 2.51. The van der Waals surface area contributed by atoms with Crippen LogP contribution >= 0.6 is 11.3 Å². The van der Waals surface area contributed by atoms with Gasteiger partial charge < -0.3 is 16.2 Å². The van der Waals surface area contributed by atoms with Gasteiger partial charge >= 0.3 is 0 Å². The molecule has 76 valence electrons. The molecule has 0 unspecified atom stereocenters. The summed E-state index contributed by atoms with van der Waals surface area (Å²) in [4.78, 5) is 25.3. The minimum Gasteiger partial charge on any atom is -0.383 e. The molecule has 0 aliphatic carbocycles. The number of aliphatic hydroxyl groups excluding tert-OH is 1. The van der Waals surface area contributed by atoms with Crippen LogP contribution in [0.15, 0.2) is 11.6 Å². The van der Waals surface area contributed by atoms with Crippen molar-refractivity contribution in [2.75, 3.05) is 5.32 Å². The minimum absolute atomic E-state index is 0.352. The molecule has 0 saturated heterocycles. The molecular weight excluding hydrogens is 206 g/mol. The molecule has 4 N–H and O–H groups in total. The lowest BCUT2D eigenvalue weighted by atomic mass is 10.2. The normalized spacial score (nSPS) is 12.1. The molecule has 0 spiro atoms. The lowest BCUT2D eigenvalue weighted by molar-refractivity contribution is -0.130. The van der Waals surface area contributed by atoms with Crippen molar-refractivity contribution in [3.05, 3.63) is 11.6 Å². The van der Waals surface area contributed by atoms with Crippen molar-refractivity contribution >= 4 is 28.3 Å². The molecule has 1 heterocycles. The van der Waals surface area contributed by atoms with Crippen molar-refractivity contribution < 1.29 is 14.7 Å². The quantitative estimate of drug-likeness (QED) is 0.618. The molecule has 14 heavy (non-hydrogen) atoms. The summed E-state index contributed by atoms with van der Waals surface area (Å²) >= 11 is 1.25. The molecule has 0 radical (unpaired) electrons. The summed E-state index contributed by atoms with van der Waals surface area (Å²) < 4.78 is 0. The van der Waals surface area contributed by atoms with E-state index < -0.39 is 17.9 Å². The summed E-state index contributed by atoms with van der Waals surface area (Å²) in [6, 6.07) is 0. The lowest BCUT2D eigenvalue weighted by Crippen LogP contribution is -2.32. The number of anilines is 1. The molecule has 7 heteroatoms. The molecular formula is C7H9N3O3S. The fourth-order valence-corrected chi connectivity index (χ4v) is 1.28. The first-order chi connectivity index (χ1) is 6.59. The van der Waals surface area contributed by atoms with E-state index in [1.807, 2.05) is 0 Å². The highest BCUT2D eigenvalue weighted by Gasteiger charge is 2.16. The van der Waals surface area contributed by atoms with Gasteiger partial charge in [0.15, 0.2) is 5.13 Å². The van der Waals surface area contributed by atoms with Crippen LogP contribution in [0.3, 0.4) is 0 Å². The Morgan fingerprint density at radius 3 is 2.93 bits per heavy atom. The van der Waals surface area contributed by atoms with Crippen LogP contribution in [0.4, 0.5) is 5.13 Å². The molecule has 6 nitrogen and oxygen atoms in total. The van der Waals surface area contributed by atoms with Gasteiger partial charge in [-0.25, -0.2) is 4.98 Å². The van der Waals surface area contributed by atoms with Crippen molar-refractivity contribution in [3.8, 4) is 0 Å². The van der Waals surface area contributed by atoms with Crippen LogP contribution in [-0.4, -0.2) is 28.0 Å². The topological polar surface area (TPSA) is 105 Å². The average molecular weight is 215 g/mol. The number of carbonyl (C=O) groups is 2. The number of nitrogens with one attached hydrogen (secondary N) is 1. The smallest absolute Gasteiger partial charge is 0.246 e. The maximum absolute atomic E-state index is 11.1. The largest absolute Gasteiger partial charge is 0.383 e. The van der Waals surface area contributed by atoms with Crippen LogP contribution < -0.4 is 11.1 Å². The first-order valence-corrected chi connectivity index (χ1v) is 4.64. The number of primary amides is 1. The molecule has 0 bridgehead atoms. The van der Waals surface area contributed by atoms with Crippen LogP contribution in [0, 0.1) is 0 Å².